The number of amides is 1. The number of nitrogens with one attached hydrogen (secondary N) is 2. The molecule has 0 bridgehead atoms. The molecule has 5 heteroatoms. The minimum atomic E-state index is -0.406. The Balaban J connectivity index is 2.31. The van der Waals surface area contributed by atoms with Gasteiger partial charge in [-0.3, -0.25) is 15.1 Å². The van der Waals surface area contributed by atoms with E-state index in [1.54, 1.807) is 13.1 Å². The van der Waals surface area contributed by atoms with Crippen molar-refractivity contribution >= 4 is 23.5 Å². The van der Waals surface area contributed by atoms with Gasteiger partial charge in [-0.05, 0) is 24.1 Å². The van der Waals surface area contributed by atoms with Crippen molar-refractivity contribution in [1.82, 2.24) is 10.6 Å². The number of nitrogens with zero attached hydrogens (tertiary/aromatic N) is 1. The number of benzene rings is 1. The summed E-state index contributed by atoms with van der Waals surface area (Å²) in [6, 6.07) is 5.18. The number of rotatable bonds is 1. The summed E-state index contributed by atoms with van der Waals surface area (Å²) in [5, 5.41) is 6.29. The first-order valence-electron chi connectivity index (χ1n) is 4.92. The first kappa shape index (κ1) is 11.0. The van der Waals surface area contributed by atoms with E-state index in [1.807, 2.05) is 19.1 Å². The molecule has 0 saturated carbocycles. The van der Waals surface area contributed by atoms with Crippen molar-refractivity contribution in [1.29, 1.82) is 0 Å². The van der Waals surface area contributed by atoms with E-state index in [9.17, 15) is 4.79 Å². The highest BCUT2D eigenvalue weighted by Crippen LogP contribution is 2.23. The minimum Gasteiger partial charge on any atom is -0.340 e. The number of carbonyl (C=O) groups excluding carboxylic acids is 1. The van der Waals surface area contributed by atoms with E-state index in [2.05, 4.69) is 15.6 Å². The Kier molecular flexibility index (Phi) is 2.83. The van der Waals surface area contributed by atoms with E-state index in [0.29, 0.717) is 11.0 Å². The van der Waals surface area contributed by atoms with Crippen molar-refractivity contribution in [2.75, 3.05) is 7.05 Å². The molecule has 0 aromatic heterocycles. The van der Waals surface area contributed by atoms with E-state index in [1.165, 1.54) is 0 Å². The lowest BCUT2D eigenvalue weighted by Crippen LogP contribution is -2.24. The zero-order valence-corrected chi connectivity index (χ0v) is 9.80. The van der Waals surface area contributed by atoms with Gasteiger partial charge >= 0.3 is 0 Å². The van der Waals surface area contributed by atoms with Crippen LogP contribution in [0.2, 0.25) is 5.02 Å². The SMILES string of the molecule is CN=C1NC(=O)C(c2ccc(C)c(Cl)c2)N1. The number of carbonyl (C=O) groups is 1. The van der Waals surface area contributed by atoms with Crippen LogP contribution in [0.5, 0.6) is 0 Å². The second-order valence-electron chi connectivity index (χ2n) is 3.65. The van der Waals surface area contributed by atoms with Crippen LogP contribution >= 0.6 is 11.6 Å². The normalized spacial score (nSPS) is 22.1. The predicted molar refractivity (Wildman–Crippen MR) is 63.6 cm³/mol. The molecule has 0 radical (unpaired) electrons. The Hall–Kier alpha value is -1.55. The number of aryl methyl sites for hydroxylation is 1. The largest absolute Gasteiger partial charge is 0.340 e. The Morgan fingerprint density at radius 2 is 2.19 bits per heavy atom. The average Bonchev–Trinajstić information content (AvgIpc) is 2.64. The number of aliphatic imine (C=N–C) groups is 1. The molecule has 1 aliphatic heterocycles. The lowest BCUT2D eigenvalue weighted by Gasteiger charge is -2.09. The number of hydrogen-bond donors (Lipinski definition) is 2. The van der Waals surface area contributed by atoms with Gasteiger partial charge in [-0.25, -0.2) is 0 Å². The lowest BCUT2D eigenvalue weighted by molar-refractivity contribution is -0.120. The molecular formula is C11H12ClN3O. The van der Waals surface area contributed by atoms with Crippen molar-refractivity contribution in [2.45, 2.75) is 13.0 Å². The van der Waals surface area contributed by atoms with Crippen LogP contribution in [0, 0.1) is 6.92 Å². The summed E-state index contributed by atoms with van der Waals surface area (Å²) in [6.07, 6.45) is 0. The summed E-state index contributed by atoms with van der Waals surface area (Å²) in [7, 11) is 1.62. The summed E-state index contributed by atoms with van der Waals surface area (Å²) < 4.78 is 0. The third-order valence-corrected chi connectivity index (χ3v) is 2.94. The van der Waals surface area contributed by atoms with Crippen molar-refractivity contribution < 1.29 is 4.79 Å². The molecular weight excluding hydrogens is 226 g/mol. The van der Waals surface area contributed by atoms with Gasteiger partial charge in [0.05, 0.1) is 0 Å². The second kappa shape index (κ2) is 4.14. The first-order chi connectivity index (χ1) is 7.61. The van der Waals surface area contributed by atoms with Crippen LogP contribution in [0.25, 0.3) is 0 Å². The van der Waals surface area contributed by atoms with E-state index >= 15 is 0 Å². The minimum absolute atomic E-state index is 0.111. The van der Waals surface area contributed by atoms with Gasteiger partial charge in [-0.1, -0.05) is 23.7 Å². The van der Waals surface area contributed by atoms with E-state index in [4.69, 9.17) is 11.6 Å². The number of halogens is 1. The molecule has 1 aromatic carbocycles. The molecule has 1 atom stereocenters. The van der Waals surface area contributed by atoms with Crippen LogP contribution in [0.4, 0.5) is 0 Å². The molecule has 1 unspecified atom stereocenters. The summed E-state index contributed by atoms with van der Waals surface area (Å²) in [4.78, 5) is 15.5. The smallest absolute Gasteiger partial charge is 0.253 e. The van der Waals surface area contributed by atoms with E-state index < -0.39 is 6.04 Å². The maximum absolute atomic E-state index is 11.6. The molecule has 4 nitrogen and oxygen atoms in total. The van der Waals surface area contributed by atoms with Gasteiger partial charge in [0.15, 0.2) is 5.96 Å². The third kappa shape index (κ3) is 1.88. The quantitative estimate of drug-likeness (QED) is 0.776. The molecule has 84 valence electrons. The van der Waals surface area contributed by atoms with Crippen LogP contribution in [0.1, 0.15) is 17.2 Å². The van der Waals surface area contributed by atoms with Crippen LogP contribution in [0.15, 0.2) is 23.2 Å². The summed E-state index contributed by atoms with van der Waals surface area (Å²) in [6.45, 7) is 1.92. The molecule has 2 rings (SSSR count). The topological polar surface area (TPSA) is 53.5 Å². The van der Waals surface area contributed by atoms with Crippen LogP contribution in [0.3, 0.4) is 0 Å². The maximum atomic E-state index is 11.6. The molecule has 1 fully saturated rings. The zero-order valence-electron chi connectivity index (χ0n) is 9.04. The van der Waals surface area contributed by atoms with Crippen LogP contribution < -0.4 is 10.6 Å². The molecule has 1 heterocycles. The Labute approximate surface area is 98.7 Å². The number of guanidine groups is 1. The summed E-state index contributed by atoms with van der Waals surface area (Å²) in [5.74, 6) is 0.382. The van der Waals surface area contributed by atoms with Gasteiger partial charge in [0.1, 0.15) is 6.04 Å². The van der Waals surface area contributed by atoms with Crippen molar-refractivity contribution in [3.05, 3.63) is 34.3 Å². The molecule has 1 saturated heterocycles. The first-order valence-corrected chi connectivity index (χ1v) is 5.30. The molecule has 1 aliphatic rings. The van der Waals surface area contributed by atoms with E-state index in [-0.39, 0.29) is 5.91 Å². The molecule has 1 amide bonds. The standard InChI is InChI=1S/C11H12ClN3O/c1-6-3-4-7(5-8(6)12)9-10(16)15-11(13-2)14-9/h3-5,9H,1-2H3,(H2,13,14,15,16). The average molecular weight is 238 g/mol. The zero-order chi connectivity index (χ0) is 11.7. The van der Waals surface area contributed by atoms with Gasteiger partial charge in [-0.15, -0.1) is 0 Å². The van der Waals surface area contributed by atoms with Crippen molar-refractivity contribution in [3.8, 4) is 0 Å². The maximum Gasteiger partial charge on any atom is 0.253 e. The molecule has 0 aliphatic carbocycles. The molecule has 2 N–H and O–H groups in total. The monoisotopic (exact) mass is 237 g/mol. The Bertz CT molecular complexity index is 470. The summed E-state index contributed by atoms with van der Waals surface area (Å²) in [5.41, 5.74) is 1.83. The van der Waals surface area contributed by atoms with Crippen molar-refractivity contribution in [2.24, 2.45) is 4.99 Å². The van der Waals surface area contributed by atoms with Gasteiger partial charge in [0.2, 0.25) is 0 Å². The fourth-order valence-electron chi connectivity index (χ4n) is 1.57. The summed E-state index contributed by atoms with van der Waals surface area (Å²) >= 11 is 6.02. The fraction of sp³-hybridized carbons (Fsp3) is 0.273. The fourth-order valence-corrected chi connectivity index (χ4v) is 1.76. The van der Waals surface area contributed by atoms with Gasteiger partial charge in [0, 0.05) is 12.1 Å². The van der Waals surface area contributed by atoms with Gasteiger partial charge in [0.25, 0.3) is 5.91 Å². The molecule has 0 spiro atoms. The third-order valence-electron chi connectivity index (χ3n) is 2.54. The Morgan fingerprint density at radius 1 is 1.44 bits per heavy atom. The highest BCUT2D eigenvalue weighted by atomic mass is 35.5. The Morgan fingerprint density at radius 3 is 2.75 bits per heavy atom. The highest BCUT2D eigenvalue weighted by molar-refractivity contribution is 6.31. The second-order valence-corrected chi connectivity index (χ2v) is 4.05. The lowest BCUT2D eigenvalue weighted by atomic mass is 10.1. The van der Waals surface area contributed by atoms with Gasteiger partial charge in [-0.2, -0.15) is 0 Å². The van der Waals surface area contributed by atoms with Crippen molar-refractivity contribution in [3.63, 3.8) is 0 Å². The molecule has 1 aromatic rings. The predicted octanol–water partition coefficient (Wildman–Crippen LogP) is 1.39. The molecule has 16 heavy (non-hydrogen) atoms. The highest BCUT2D eigenvalue weighted by Gasteiger charge is 2.29. The van der Waals surface area contributed by atoms with E-state index in [0.717, 1.165) is 11.1 Å². The number of hydrogen-bond acceptors (Lipinski definition) is 2. The van der Waals surface area contributed by atoms with Crippen LogP contribution in [-0.4, -0.2) is 18.9 Å². The van der Waals surface area contributed by atoms with Crippen LogP contribution in [-0.2, 0) is 4.79 Å². The van der Waals surface area contributed by atoms with Gasteiger partial charge < -0.3 is 5.32 Å².